The zero-order valence-electron chi connectivity index (χ0n) is 11.9. The Hall–Kier alpha value is -2.68. The summed E-state index contributed by atoms with van der Waals surface area (Å²) in [5.74, 6) is -0.350. The molecule has 0 aromatic heterocycles. The van der Waals surface area contributed by atoms with Gasteiger partial charge in [-0.2, -0.15) is 0 Å². The van der Waals surface area contributed by atoms with Crippen molar-refractivity contribution in [3.05, 3.63) is 71.8 Å². The molecule has 0 amide bonds. The molecule has 2 rings (SSSR count). The molecule has 0 aliphatic rings. The largest absolute Gasteiger partial charge is 0.462 e. The maximum atomic E-state index is 11.8. The minimum atomic E-state index is -0.350. The summed E-state index contributed by atoms with van der Waals surface area (Å²) in [6.45, 7) is 2.14. The van der Waals surface area contributed by atoms with E-state index in [1.54, 1.807) is 31.3 Å². The number of rotatable bonds is 5. The molecule has 106 valence electrons. The number of hydrogen-bond acceptors (Lipinski definition) is 3. The average Bonchev–Trinajstić information content (AvgIpc) is 2.53. The smallest absolute Gasteiger partial charge is 0.340 e. The van der Waals surface area contributed by atoms with Gasteiger partial charge in [0.2, 0.25) is 0 Å². The van der Waals surface area contributed by atoms with Crippen LogP contribution in [0.5, 0.6) is 0 Å². The van der Waals surface area contributed by atoms with Crippen molar-refractivity contribution in [3.63, 3.8) is 0 Å². The number of hydrogen-bond donors (Lipinski definition) is 0. The molecule has 2 aromatic carbocycles. The highest BCUT2D eigenvalue weighted by molar-refractivity contribution is 5.96. The maximum Gasteiger partial charge on any atom is 0.340 e. The minimum absolute atomic E-state index is 0.350. The van der Waals surface area contributed by atoms with Gasteiger partial charge in [0, 0.05) is 6.21 Å². The highest BCUT2D eigenvalue weighted by Gasteiger charge is 2.10. The molecule has 0 N–H and O–H groups in total. The van der Waals surface area contributed by atoms with E-state index in [2.05, 4.69) is 4.99 Å². The fourth-order valence-corrected chi connectivity index (χ4v) is 1.81. The summed E-state index contributed by atoms with van der Waals surface area (Å²) < 4.78 is 5.01. The van der Waals surface area contributed by atoms with E-state index >= 15 is 0 Å². The molecule has 0 spiro atoms. The predicted octanol–water partition coefficient (Wildman–Crippen LogP) is 4.28. The number of para-hydroxylation sites is 1. The highest BCUT2D eigenvalue weighted by Crippen LogP contribution is 2.19. The van der Waals surface area contributed by atoms with Gasteiger partial charge < -0.3 is 4.74 Å². The van der Waals surface area contributed by atoms with Crippen molar-refractivity contribution in [1.29, 1.82) is 0 Å². The first kappa shape index (κ1) is 14.7. The van der Waals surface area contributed by atoms with Crippen LogP contribution in [0.4, 0.5) is 5.69 Å². The van der Waals surface area contributed by atoms with E-state index in [1.165, 1.54) is 0 Å². The van der Waals surface area contributed by atoms with Gasteiger partial charge in [-0.3, -0.25) is 4.99 Å². The minimum Gasteiger partial charge on any atom is -0.462 e. The molecule has 0 aliphatic carbocycles. The standard InChI is InChI=1S/C18H17NO2/c1-2-21-18(20)16-12-6-7-13-17(16)19-14-8-11-15-9-4-3-5-10-15/h3-14H,2H2,1H3/b11-8-,19-14?. The van der Waals surface area contributed by atoms with Crippen LogP contribution in [0.25, 0.3) is 6.08 Å². The topological polar surface area (TPSA) is 38.7 Å². The van der Waals surface area contributed by atoms with Gasteiger partial charge in [0.1, 0.15) is 0 Å². The number of esters is 1. The van der Waals surface area contributed by atoms with E-state index in [4.69, 9.17) is 4.74 Å². The Morgan fingerprint density at radius 2 is 1.81 bits per heavy atom. The van der Waals surface area contributed by atoms with Crippen LogP contribution in [0.15, 0.2) is 65.7 Å². The lowest BCUT2D eigenvalue weighted by Crippen LogP contribution is -2.04. The first-order chi connectivity index (χ1) is 10.3. The fourth-order valence-electron chi connectivity index (χ4n) is 1.81. The van der Waals surface area contributed by atoms with E-state index in [1.807, 2.05) is 48.6 Å². The second kappa shape index (κ2) is 7.80. The Morgan fingerprint density at radius 1 is 1.10 bits per heavy atom. The molecule has 3 nitrogen and oxygen atoms in total. The molecule has 0 bridgehead atoms. The second-order valence-electron chi connectivity index (χ2n) is 4.29. The van der Waals surface area contributed by atoms with Crippen molar-refractivity contribution in [1.82, 2.24) is 0 Å². The molecule has 0 saturated carbocycles. The average molecular weight is 279 g/mol. The molecule has 21 heavy (non-hydrogen) atoms. The van der Waals surface area contributed by atoms with Crippen molar-refractivity contribution < 1.29 is 9.53 Å². The molecule has 2 aromatic rings. The van der Waals surface area contributed by atoms with Crippen LogP contribution in [0.3, 0.4) is 0 Å². The number of aliphatic imine (C=N–C) groups is 1. The first-order valence-corrected chi connectivity index (χ1v) is 6.83. The molecular weight excluding hydrogens is 262 g/mol. The van der Waals surface area contributed by atoms with Crippen molar-refractivity contribution in [3.8, 4) is 0 Å². The van der Waals surface area contributed by atoms with Crippen LogP contribution in [-0.2, 0) is 4.74 Å². The Balaban J connectivity index is 2.11. The first-order valence-electron chi connectivity index (χ1n) is 6.83. The van der Waals surface area contributed by atoms with Crippen molar-refractivity contribution in [2.45, 2.75) is 6.92 Å². The van der Waals surface area contributed by atoms with Crippen molar-refractivity contribution >= 4 is 23.9 Å². The second-order valence-corrected chi connectivity index (χ2v) is 4.29. The number of allylic oxidation sites excluding steroid dienone is 1. The summed E-state index contributed by atoms with van der Waals surface area (Å²) in [6, 6.07) is 17.1. The van der Waals surface area contributed by atoms with Gasteiger partial charge >= 0.3 is 5.97 Å². The Labute approximate surface area is 124 Å². The van der Waals surface area contributed by atoms with Gasteiger partial charge in [0.15, 0.2) is 0 Å². The van der Waals surface area contributed by atoms with Crippen LogP contribution < -0.4 is 0 Å². The van der Waals surface area contributed by atoms with Gasteiger partial charge in [0.05, 0.1) is 17.9 Å². The quantitative estimate of drug-likeness (QED) is 0.605. The van der Waals surface area contributed by atoms with Gasteiger partial charge in [0.25, 0.3) is 0 Å². The van der Waals surface area contributed by atoms with E-state index < -0.39 is 0 Å². The number of carbonyl (C=O) groups excluding carboxylic acids is 1. The molecule has 0 aliphatic heterocycles. The molecule has 0 heterocycles. The molecule has 0 fully saturated rings. The highest BCUT2D eigenvalue weighted by atomic mass is 16.5. The van der Waals surface area contributed by atoms with Crippen LogP contribution >= 0.6 is 0 Å². The summed E-state index contributed by atoms with van der Waals surface area (Å²) in [5.41, 5.74) is 2.18. The van der Waals surface area contributed by atoms with Crippen LogP contribution in [-0.4, -0.2) is 18.8 Å². The molecule has 0 atom stereocenters. The summed E-state index contributed by atoms with van der Waals surface area (Å²) in [6.07, 6.45) is 5.47. The third-order valence-corrected chi connectivity index (χ3v) is 2.79. The third-order valence-electron chi connectivity index (χ3n) is 2.79. The van der Waals surface area contributed by atoms with E-state index in [0.29, 0.717) is 17.9 Å². The maximum absolute atomic E-state index is 11.8. The molecule has 0 unspecified atom stereocenters. The van der Waals surface area contributed by atoms with Crippen LogP contribution in [0, 0.1) is 0 Å². The summed E-state index contributed by atoms with van der Waals surface area (Å²) in [7, 11) is 0. The van der Waals surface area contributed by atoms with Crippen LogP contribution in [0.2, 0.25) is 0 Å². The Bertz CT molecular complexity index is 645. The molecule has 3 heteroatoms. The zero-order chi connectivity index (χ0) is 14.9. The van der Waals surface area contributed by atoms with E-state index in [-0.39, 0.29) is 5.97 Å². The number of carbonyl (C=O) groups is 1. The number of nitrogens with zero attached hydrogens (tertiary/aromatic N) is 1. The Kier molecular flexibility index (Phi) is 5.47. The SMILES string of the molecule is CCOC(=O)c1ccccc1N=C/C=C\c1ccccc1. The third kappa shape index (κ3) is 4.42. The number of benzene rings is 2. The van der Waals surface area contributed by atoms with Crippen molar-refractivity contribution in [2.75, 3.05) is 6.61 Å². The monoisotopic (exact) mass is 279 g/mol. The van der Waals surface area contributed by atoms with Crippen molar-refractivity contribution in [2.24, 2.45) is 4.99 Å². The summed E-state index contributed by atoms with van der Waals surface area (Å²) in [4.78, 5) is 16.1. The lowest BCUT2D eigenvalue weighted by Gasteiger charge is -2.04. The van der Waals surface area contributed by atoms with Gasteiger partial charge in [-0.1, -0.05) is 48.5 Å². The van der Waals surface area contributed by atoms with Gasteiger partial charge in [-0.25, -0.2) is 4.79 Å². The lowest BCUT2D eigenvalue weighted by molar-refractivity contribution is 0.0527. The molecule has 0 radical (unpaired) electrons. The summed E-state index contributed by atoms with van der Waals surface area (Å²) in [5, 5.41) is 0. The lowest BCUT2D eigenvalue weighted by atomic mass is 10.2. The molecule has 0 saturated heterocycles. The number of ether oxygens (including phenoxy) is 1. The predicted molar refractivity (Wildman–Crippen MR) is 86.0 cm³/mol. The van der Waals surface area contributed by atoms with E-state index in [9.17, 15) is 4.79 Å². The van der Waals surface area contributed by atoms with Gasteiger partial charge in [-0.05, 0) is 30.7 Å². The van der Waals surface area contributed by atoms with Crippen LogP contribution in [0.1, 0.15) is 22.8 Å². The van der Waals surface area contributed by atoms with Gasteiger partial charge in [-0.15, -0.1) is 0 Å². The normalized spacial score (nSPS) is 11.1. The van der Waals surface area contributed by atoms with E-state index in [0.717, 1.165) is 5.56 Å². The Morgan fingerprint density at radius 3 is 2.57 bits per heavy atom. The summed E-state index contributed by atoms with van der Waals surface area (Å²) >= 11 is 0. The fraction of sp³-hybridized carbons (Fsp3) is 0.111. The molecular formula is C18H17NO2. The zero-order valence-corrected chi connectivity index (χ0v) is 11.9.